The molecule has 0 fully saturated rings. The lowest BCUT2D eigenvalue weighted by molar-refractivity contribution is 0.0594. The molecule has 0 aliphatic rings. The van der Waals surface area contributed by atoms with Crippen molar-refractivity contribution in [2.45, 2.75) is 0 Å². The number of esters is 1. The molecule has 5 nitrogen and oxygen atoms in total. The van der Waals surface area contributed by atoms with E-state index in [0.717, 1.165) is 0 Å². The molecule has 0 radical (unpaired) electrons. The number of hydrogen-bond donors (Lipinski definition) is 1. The summed E-state index contributed by atoms with van der Waals surface area (Å²) < 4.78 is 4.40. The third-order valence-electron chi connectivity index (χ3n) is 1.13. The van der Waals surface area contributed by atoms with Crippen molar-refractivity contribution in [3.63, 3.8) is 0 Å². The zero-order valence-electron chi connectivity index (χ0n) is 5.94. The number of anilines is 1. The molecule has 1 aromatic rings. The zero-order chi connectivity index (χ0) is 8.27. The standard InChI is InChI=1S/C6H7N3O2/c1-11-6(10)5-4(7)2-3-8-9-5/h2-3H,1H3,(H2,7,8). The number of rotatable bonds is 1. The molecule has 0 saturated carbocycles. The maximum absolute atomic E-state index is 10.8. The van der Waals surface area contributed by atoms with Crippen LogP contribution >= 0.6 is 0 Å². The monoisotopic (exact) mass is 153 g/mol. The summed E-state index contributed by atoms with van der Waals surface area (Å²) in [6.45, 7) is 0. The van der Waals surface area contributed by atoms with Crippen LogP contribution in [0.3, 0.4) is 0 Å². The Bertz CT molecular complexity index is 274. The molecule has 2 N–H and O–H groups in total. The summed E-state index contributed by atoms with van der Waals surface area (Å²) in [5.74, 6) is -0.574. The van der Waals surface area contributed by atoms with Crippen molar-refractivity contribution >= 4 is 11.7 Å². The van der Waals surface area contributed by atoms with Crippen molar-refractivity contribution in [3.8, 4) is 0 Å². The van der Waals surface area contributed by atoms with Crippen molar-refractivity contribution in [1.82, 2.24) is 10.2 Å². The molecule has 5 heteroatoms. The number of carbonyl (C=O) groups excluding carboxylic acids is 1. The Kier molecular flexibility index (Phi) is 2.00. The van der Waals surface area contributed by atoms with Crippen LogP contribution in [0.2, 0.25) is 0 Å². The number of nitrogens with two attached hydrogens (primary N) is 1. The molecule has 0 spiro atoms. The van der Waals surface area contributed by atoms with Gasteiger partial charge >= 0.3 is 5.97 Å². The summed E-state index contributed by atoms with van der Waals surface area (Å²) >= 11 is 0. The third-order valence-corrected chi connectivity index (χ3v) is 1.13. The van der Waals surface area contributed by atoms with Crippen LogP contribution in [0.25, 0.3) is 0 Å². The molecule has 0 saturated heterocycles. The molecule has 11 heavy (non-hydrogen) atoms. The minimum absolute atomic E-state index is 0.0509. The SMILES string of the molecule is COC(=O)c1nnccc1N. The van der Waals surface area contributed by atoms with Gasteiger partial charge < -0.3 is 10.5 Å². The molecule has 0 unspecified atom stereocenters. The largest absolute Gasteiger partial charge is 0.464 e. The van der Waals surface area contributed by atoms with Gasteiger partial charge in [-0.15, -0.1) is 5.10 Å². The average molecular weight is 153 g/mol. The van der Waals surface area contributed by atoms with Gasteiger partial charge in [0.25, 0.3) is 0 Å². The number of nitrogens with zero attached hydrogens (tertiary/aromatic N) is 2. The van der Waals surface area contributed by atoms with Gasteiger partial charge in [0.1, 0.15) is 0 Å². The van der Waals surface area contributed by atoms with E-state index in [-0.39, 0.29) is 11.4 Å². The fraction of sp³-hybridized carbons (Fsp3) is 0.167. The van der Waals surface area contributed by atoms with Crippen LogP contribution in [0.1, 0.15) is 10.5 Å². The van der Waals surface area contributed by atoms with Crippen molar-refractivity contribution in [2.75, 3.05) is 12.8 Å². The molecule has 58 valence electrons. The summed E-state index contributed by atoms with van der Waals surface area (Å²) in [6, 6.07) is 1.49. The van der Waals surface area contributed by atoms with Crippen molar-refractivity contribution in [3.05, 3.63) is 18.0 Å². The number of nitrogen functional groups attached to an aromatic ring is 1. The van der Waals surface area contributed by atoms with E-state index in [1.54, 1.807) is 0 Å². The minimum Gasteiger partial charge on any atom is -0.464 e. The van der Waals surface area contributed by atoms with Gasteiger partial charge in [-0.25, -0.2) is 4.79 Å². The van der Waals surface area contributed by atoms with Crippen LogP contribution in [0.4, 0.5) is 5.69 Å². The van der Waals surface area contributed by atoms with Crippen LogP contribution in [0, 0.1) is 0 Å². The molecule has 0 aliphatic heterocycles. The molecule has 0 bridgehead atoms. The molecule has 0 aliphatic carbocycles. The summed E-state index contributed by atoms with van der Waals surface area (Å²) in [5, 5.41) is 6.98. The van der Waals surface area contributed by atoms with E-state index in [9.17, 15) is 4.79 Å². The van der Waals surface area contributed by atoms with Crippen molar-refractivity contribution in [2.24, 2.45) is 0 Å². The van der Waals surface area contributed by atoms with Crippen LogP contribution in [0.5, 0.6) is 0 Å². The number of carbonyl (C=O) groups is 1. The lowest BCUT2D eigenvalue weighted by Gasteiger charge is -1.98. The van der Waals surface area contributed by atoms with E-state index < -0.39 is 5.97 Å². The van der Waals surface area contributed by atoms with Gasteiger partial charge in [0.15, 0.2) is 5.69 Å². The number of aromatic nitrogens is 2. The fourth-order valence-corrected chi connectivity index (χ4v) is 0.597. The summed E-state index contributed by atoms with van der Waals surface area (Å²) in [4.78, 5) is 10.8. The Morgan fingerprint density at radius 2 is 2.45 bits per heavy atom. The lowest BCUT2D eigenvalue weighted by atomic mass is 10.3. The van der Waals surface area contributed by atoms with Gasteiger partial charge in [-0.2, -0.15) is 5.10 Å². The Morgan fingerprint density at radius 1 is 1.73 bits per heavy atom. The molecule has 1 aromatic heterocycles. The highest BCUT2D eigenvalue weighted by Gasteiger charge is 2.10. The van der Waals surface area contributed by atoms with E-state index in [2.05, 4.69) is 14.9 Å². The van der Waals surface area contributed by atoms with Crippen LogP contribution < -0.4 is 5.73 Å². The van der Waals surface area contributed by atoms with Gasteiger partial charge in [-0.05, 0) is 6.07 Å². The first-order valence-corrected chi connectivity index (χ1v) is 2.91. The van der Waals surface area contributed by atoms with Gasteiger partial charge in [-0.3, -0.25) is 0 Å². The molecule has 0 aromatic carbocycles. The predicted molar refractivity (Wildman–Crippen MR) is 37.8 cm³/mol. The molecule has 1 rings (SSSR count). The maximum atomic E-state index is 10.8. The average Bonchev–Trinajstić information content (AvgIpc) is 2.04. The lowest BCUT2D eigenvalue weighted by Crippen LogP contribution is -2.08. The highest BCUT2D eigenvalue weighted by molar-refractivity contribution is 5.92. The minimum atomic E-state index is -0.574. The normalized spacial score (nSPS) is 9.18. The summed E-state index contributed by atoms with van der Waals surface area (Å²) in [6.07, 6.45) is 1.40. The molecular formula is C6H7N3O2. The van der Waals surface area contributed by atoms with Crippen molar-refractivity contribution in [1.29, 1.82) is 0 Å². The highest BCUT2D eigenvalue weighted by Crippen LogP contribution is 2.05. The molecule has 0 atom stereocenters. The first-order chi connectivity index (χ1) is 5.25. The van der Waals surface area contributed by atoms with Gasteiger partial charge in [-0.1, -0.05) is 0 Å². The van der Waals surface area contributed by atoms with E-state index in [0.29, 0.717) is 0 Å². The van der Waals surface area contributed by atoms with Crippen LogP contribution in [0.15, 0.2) is 12.3 Å². The Hall–Kier alpha value is -1.65. The third kappa shape index (κ3) is 1.43. The Morgan fingerprint density at radius 3 is 3.00 bits per heavy atom. The highest BCUT2D eigenvalue weighted by atomic mass is 16.5. The van der Waals surface area contributed by atoms with E-state index in [1.165, 1.54) is 19.4 Å². The molecular weight excluding hydrogens is 146 g/mol. The second-order valence-electron chi connectivity index (χ2n) is 1.83. The van der Waals surface area contributed by atoms with Crippen LogP contribution in [-0.4, -0.2) is 23.3 Å². The second kappa shape index (κ2) is 2.96. The molecule has 0 amide bonds. The second-order valence-corrected chi connectivity index (χ2v) is 1.83. The van der Waals surface area contributed by atoms with Crippen molar-refractivity contribution < 1.29 is 9.53 Å². The number of hydrogen-bond acceptors (Lipinski definition) is 5. The van der Waals surface area contributed by atoms with Crippen LogP contribution in [-0.2, 0) is 4.74 Å². The smallest absolute Gasteiger partial charge is 0.360 e. The van der Waals surface area contributed by atoms with Gasteiger partial charge in [0, 0.05) is 0 Å². The topological polar surface area (TPSA) is 78.1 Å². The van der Waals surface area contributed by atoms with Gasteiger partial charge in [0.2, 0.25) is 0 Å². The zero-order valence-corrected chi connectivity index (χ0v) is 5.94. The van der Waals surface area contributed by atoms with Gasteiger partial charge in [0.05, 0.1) is 19.0 Å². The summed E-state index contributed by atoms with van der Waals surface area (Å²) in [7, 11) is 1.26. The summed E-state index contributed by atoms with van der Waals surface area (Å²) in [5.41, 5.74) is 5.71. The first-order valence-electron chi connectivity index (χ1n) is 2.91. The number of ether oxygens (including phenoxy) is 1. The van der Waals surface area contributed by atoms with E-state index in [1.807, 2.05) is 0 Å². The fourth-order valence-electron chi connectivity index (χ4n) is 0.597. The van der Waals surface area contributed by atoms with E-state index in [4.69, 9.17) is 5.73 Å². The Balaban J connectivity index is 3.03. The maximum Gasteiger partial charge on any atom is 0.360 e. The number of methoxy groups -OCH3 is 1. The first kappa shape index (κ1) is 7.46. The Labute approximate surface area is 63.2 Å². The quantitative estimate of drug-likeness (QED) is 0.567. The predicted octanol–water partition coefficient (Wildman–Crippen LogP) is -0.155. The van der Waals surface area contributed by atoms with E-state index >= 15 is 0 Å². The molecule has 1 heterocycles.